The lowest BCUT2D eigenvalue weighted by molar-refractivity contribution is 0.578. The Bertz CT molecular complexity index is 526. The summed E-state index contributed by atoms with van der Waals surface area (Å²) in [6.07, 6.45) is 1.75. The van der Waals surface area contributed by atoms with E-state index >= 15 is 0 Å². The molecule has 0 aromatic heterocycles. The molecule has 7 heteroatoms. The van der Waals surface area contributed by atoms with Crippen molar-refractivity contribution in [2.24, 2.45) is 10.7 Å². The zero-order chi connectivity index (χ0) is 14.3. The van der Waals surface area contributed by atoms with Gasteiger partial charge in [-0.2, -0.15) is 0 Å². The molecule has 1 aromatic carbocycles. The van der Waals surface area contributed by atoms with Crippen LogP contribution >= 0.6 is 11.6 Å². The van der Waals surface area contributed by atoms with Crippen LogP contribution in [0, 0.1) is 0 Å². The maximum atomic E-state index is 11.9. The van der Waals surface area contributed by atoms with Gasteiger partial charge in [-0.05, 0) is 30.7 Å². The molecule has 0 radical (unpaired) electrons. The molecule has 0 heterocycles. The Labute approximate surface area is 118 Å². The molecule has 0 bridgehead atoms. The first-order valence-corrected chi connectivity index (χ1v) is 8.00. The van der Waals surface area contributed by atoms with Crippen LogP contribution < -0.4 is 10.5 Å². The Morgan fingerprint density at radius 2 is 2.00 bits per heavy atom. The van der Waals surface area contributed by atoms with Gasteiger partial charge in [-0.3, -0.25) is 0 Å². The van der Waals surface area contributed by atoms with Gasteiger partial charge in [0.1, 0.15) is 5.84 Å². The largest absolute Gasteiger partial charge is 0.386 e. The number of nitrogens with one attached hydrogen (secondary N) is 1. The summed E-state index contributed by atoms with van der Waals surface area (Å²) >= 11 is 5.52. The number of sulfonamides is 1. The van der Waals surface area contributed by atoms with Crippen LogP contribution in [0.3, 0.4) is 0 Å². The van der Waals surface area contributed by atoms with E-state index in [0.717, 1.165) is 12.8 Å². The first-order valence-electron chi connectivity index (χ1n) is 5.98. The molecule has 0 unspecified atom stereocenters. The van der Waals surface area contributed by atoms with Crippen LogP contribution in [0.1, 0.15) is 19.8 Å². The van der Waals surface area contributed by atoms with Crippen molar-refractivity contribution in [3.05, 3.63) is 24.3 Å². The molecule has 19 heavy (non-hydrogen) atoms. The predicted molar refractivity (Wildman–Crippen MR) is 78.5 cm³/mol. The number of nitrogens with zero attached hydrogens (tertiary/aromatic N) is 1. The average molecular weight is 304 g/mol. The van der Waals surface area contributed by atoms with Crippen LogP contribution in [0.2, 0.25) is 0 Å². The average Bonchev–Trinajstić information content (AvgIpc) is 2.39. The van der Waals surface area contributed by atoms with E-state index in [1.54, 1.807) is 12.1 Å². The summed E-state index contributed by atoms with van der Waals surface area (Å²) in [5.74, 6) is 0.428. The van der Waals surface area contributed by atoms with Crippen LogP contribution in [0.5, 0.6) is 0 Å². The van der Waals surface area contributed by atoms with Crippen LogP contribution in [0.15, 0.2) is 34.2 Å². The number of alkyl halides is 1. The third-order valence-electron chi connectivity index (χ3n) is 2.38. The highest BCUT2D eigenvalue weighted by Crippen LogP contribution is 2.16. The highest BCUT2D eigenvalue weighted by atomic mass is 35.5. The Morgan fingerprint density at radius 1 is 1.37 bits per heavy atom. The van der Waals surface area contributed by atoms with Crippen molar-refractivity contribution >= 4 is 33.1 Å². The predicted octanol–water partition coefficient (Wildman–Crippen LogP) is 1.99. The molecule has 0 fully saturated rings. The van der Waals surface area contributed by atoms with E-state index in [1.807, 2.05) is 6.92 Å². The van der Waals surface area contributed by atoms with Crippen molar-refractivity contribution < 1.29 is 8.42 Å². The summed E-state index contributed by atoms with van der Waals surface area (Å²) in [5.41, 5.74) is 6.07. The van der Waals surface area contributed by atoms with Gasteiger partial charge in [0.2, 0.25) is 10.0 Å². The molecule has 106 valence electrons. The van der Waals surface area contributed by atoms with Gasteiger partial charge < -0.3 is 5.73 Å². The first kappa shape index (κ1) is 15.9. The lowest BCUT2D eigenvalue weighted by Crippen LogP contribution is -2.24. The van der Waals surface area contributed by atoms with Crippen molar-refractivity contribution in [1.82, 2.24) is 4.72 Å². The molecular formula is C12H18ClN3O2S. The summed E-state index contributed by atoms with van der Waals surface area (Å²) in [7, 11) is -3.44. The van der Waals surface area contributed by atoms with Crippen molar-refractivity contribution in [1.29, 1.82) is 0 Å². The van der Waals surface area contributed by atoms with Gasteiger partial charge >= 0.3 is 0 Å². The third kappa shape index (κ3) is 5.18. The second-order valence-electron chi connectivity index (χ2n) is 3.98. The molecule has 0 aliphatic heterocycles. The van der Waals surface area contributed by atoms with Gasteiger partial charge in [0.05, 0.1) is 16.5 Å². The summed E-state index contributed by atoms with van der Waals surface area (Å²) in [5, 5.41) is 0. The normalized spacial score (nSPS) is 12.6. The van der Waals surface area contributed by atoms with Crippen LogP contribution in [-0.2, 0) is 10.0 Å². The number of hydrogen-bond acceptors (Lipinski definition) is 3. The molecule has 3 N–H and O–H groups in total. The minimum absolute atomic E-state index is 0.138. The molecule has 0 atom stereocenters. The highest BCUT2D eigenvalue weighted by Gasteiger charge is 2.12. The van der Waals surface area contributed by atoms with Gasteiger partial charge in [-0.25, -0.2) is 18.1 Å². The monoisotopic (exact) mass is 303 g/mol. The summed E-state index contributed by atoms with van der Waals surface area (Å²) in [6, 6.07) is 6.17. The van der Waals surface area contributed by atoms with E-state index in [4.69, 9.17) is 17.3 Å². The number of aliphatic imine (C=N–C) groups is 1. The molecule has 0 aliphatic carbocycles. The molecule has 1 aromatic rings. The number of nitrogens with two attached hydrogens (primary N) is 1. The van der Waals surface area contributed by atoms with E-state index in [0.29, 0.717) is 18.1 Å². The molecule has 1 rings (SSSR count). The summed E-state index contributed by atoms with van der Waals surface area (Å²) < 4.78 is 26.3. The van der Waals surface area contributed by atoms with Gasteiger partial charge in [-0.15, -0.1) is 11.6 Å². The van der Waals surface area contributed by atoms with Crippen LogP contribution in [-0.4, -0.2) is 26.7 Å². The third-order valence-corrected chi connectivity index (χ3v) is 4.13. The fraction of sp³-hybridized carbons (Fsp3) is 0.417. The Balaban J connectivity index is 2.81. The van der Waals surface area contributed by atoms with Gasteiger partial charge in [0, 0.05) is 6.54 Å². The fourth-order valence-electron chi connectivity index (χ4n) is 1.36. The van der Waals surface area contributed by atoms with E-state index < -0.39 is 10.0 Å². The Morgan fingerprint density at radius 3 is 2.53 bits per heavy atom. The van der Waals surface area contributed by atoms with Crippen molar-refractivity contribution in [3.8, 4) is 0 Å². The lowest BCUT2D eigenvalue weighted by Gasteiger charge is -2.06. The maximum Gasteiger partial charge on any atom is 0.240 e. The van der Waals surface area contributed by atoms with Crippen molar-refractivity contribution in [2.75, 3.05) is 12.4 Å². The smallest absolute Gasteiger partial charge is 0.240 e. The number of unbranched alkanes of at least 4 members (excludes halogenated alkanes) is 1. The Kier molecular flexibility index (Phi) is 6.27. The van der Waals surface area contributed by atoms with E-state index in [2.05, 4.69) is 9.71 Å². The van der Waals surface area contributed by atoms with Gasteiger partial charge in [0.15, 0.2) is 0 Å². The van der Waals surface area contributed by atoms with Crippen LogP contribution in [0.4, 0.5) is 5.69 Å². The highest BCUT2D eigenvalue weighted by molar-refractivity contribution is 7.89. The zero-order valence-electron chi connectivity index (χ0n) is 10.8. The van der Waals surface area contributed by atoms with Crippen molar-refractivity contribution in [2.45, 2.75) is 24.7 Å². The number of amidine groups is 1. The standard InChI is InChI=1S/C12H18ClN3O2S/c1-2-3-8-15-19(17,18)11-6-4-10(5-7-11)16-12(14)9-13/h4-7,15H,2-3,8-9H2,1H3,(H2,14,16). The fourth-order valence-corrected chi connectivity index (χ4v) is 2.50. The molecule has 0 saturated carbocycles. The number of benzene rings is 1. The number of rotatable bonds is 7. The quantitative estimate of drug-likeness (QED) is 0.350. The minimum Gasteiger partial charge on any atom is -0.386 e. The van der Waals surface area contributed by atoms with E-state index in [1.165, 1.54) is 12.1 Å². The minimum atomic E-state index is -3.44. The second-order valence-corrected chi connectivity index (χ2v) is 6.02. The first-order chi connectivity index (χ1) is 8.99. The maximum absolute atomic E-state index is 11.9. The Hall–Kier alpha value is -1.11. The van der Waals surface area contributed by atoms with Crippen molar-refractivity contribution in [3.63, 3.8) is 0 Å². The SMILES string of the molecule is CCCCNS(=O)(=O)c1ccc(N=C(N)CCl)cc1. The summed E-state index contributed by atoms with van der Waals surface area (Å²) in [6.45, 7) is 2.44. The molecule has 0 saturated heterocycles. The zero-order valence-corrected chi connectivity index (χ0v) is 12.3. The molecule has 0 aliphatic rings. The second kappa shape index (κ2) is 7.47. The summed E-state index contributed by atoms with van der Waals surface area (Å²) in [4.78, 5) is 4.24. The van der Waals surface area contributed by atoms with E-state index in [-0.39, 0.29) is 10.8 Å². The van der Waals surface area contributed by atoms with Crippen LogP contribution in [0.25, 0.3) is 0 Å². The molecule has 0 spiro atoms. The molecule has 5 nitrogen and oxygen atoms in total. The number of halogens is 1. The van der Waals surface area contributed by atoms with E-state index in [9.17, 15) is 8.42 Å². The lowest BCUT2D eigenvalue weighted by atomic mass is 10.3. The molecule has 0 amide bonds. The van der Waals surface area contributed by atoms with Gasteiger partial charge in [0.25, 0.3) is 0 Å². The molecular weight excluding hydrogens is 286 g/mol. The topological polar surface area (TPSA) is 84.5 Å². The van der Waals surface area contributed by atoms with Gasteiger partial charge in [-0.1, -0.05) is 13.3 Å². The number of hydrogen-bond donors (Lipinski definition) is 2.